The Balaban J connectivity index is 0.000000141. The van der Waals surface area contributed by atoms with Gasteiger partial charge in [0.05, 0.1) is 84.0 Å². The third-order valence-electron chi connectivity index (χ3n) is 17.2. The number of nitrogens with zero attached hydrogens (tertiary/aromatic N) is 10. The van der Waals surface area contributed by atoms with E-state index in [1.807, 2.05) is 91.3 Å². The Morgan fingerprint density at radius 2 is 0.609 bits per heavy atom. The first-order chi connectivity index (χ1) is 45.6. The quantitative estimate of drug-likeness (QED) is 0.107. The Bertz CT molecular complexity index is 5490. The molecule has 10 nitrogen and oxygen atoms in total. The molecule has 92 heavy (non-hydrogen) atoms. The normalized spacial score (nSPS) is 11.5. The Morgan fingerprint density at radius 1 is 0.196 bits per heavy atom. The third-order valence-corrected chi connectivity index (χ3v) is 17.2. The molecule has 0 spiro atoms. The van der Waals surface area contributed by atoms with Crippen LogP contribution in [0.3, 0.4) is 0 Å². The van der Waals surface area contributed by atoms with E-state index in [-0.39, 0.29) is 0 Å². The molecule has 0 aliphatic carbocycles. The third kappa shape index (κ3) is 9.90. The van der Waals surface area contributed by atoms with Crippen molar-refractivity contribution >= 4 is 87.2 Å². The molecule has 10 heterocycles. The molecular weight excluding hydrogens is 1120 g/mol. The summed E-state index contributed by atoms with van der Waals surface area (Å²) in [5, 5.41) is 8.60. The van der Waals surface area contributed by atoms with E-state index in [0.29, 0.717) is 0 Å². The minimum absolute atomic E-state index is 0.866. The molecule has 0 aliphatic rings. The van der Waals surface area contributed by atoms with E-state index < -0.39 is 0 Å². The molecule has 18 aromatic rings. The fourth-order valence-corrected chi connectivity index (χ4v) is 12.6. The number of pyridine rings is 10. The van der Waals surface area contributed by atoms with Crippen LogP contribution in [0.25, 0.3) is 177 Å². The predicted octanol–water partition coefficient (Wildman–Crippen LogP) is 19.9. The van der Waals surface area contributed by atoms with E-state index in [1.165, 1.54) is 0 Å². The van der Waals surface area contributed by atoms with Crippen molar-refractivity contribution in [2.45, 2.75) is 0 Å². The van der Waals surface area contributed by atoms with Crippen molar-refractivity contribution in [3.05, 3.63) is 304 Å². The fourth-order valence-electron chi connectivity index (χ4n) is 12.6. The standard InChI is InChI=1S/2C41H25N5/c1-2-8-34-31(7-1)39(37-10-4-6-24-43-37)32-20-17-29-19-21-33(45-40(29)41(32)46-34)27-13-11-26(12-14-27)30-16-15-28-18-22-36(44-38(28)25-30)35-9-3-5-23-42-35;1-2-8-35-32(7-1)39(31-6-5-22-42-25-31)33-19-16-29-18-20-34(45-40(29)41(33)46-35)27-12-10-26(11-13-27)30-15-14-28-17-21-37(44-38(28)24-30)36-9-3-4-23-43-36/h2*1-25H. The van der Waals surface area contributed by atoms with E-state index in [0.717, 1.165) is 177 Å². The van der Waals surface area contributed by atoms with Crippen molar-refractivity contribution in [2.24, 2.45) is 0 Å². The molecule has 10 aromatic heterocycles. The molecule has 0 aliphatic heterocycles. The van der Waals surface area contributed by atoms with Gasteiger partial charge in [0.15, 0.2) is 0 Å². The summed E-state index contributed by atoms with van der Waals surface area (Å²) in [6, 6.07) is 93.7. The van der Waals surface area contributed by atoms with Gasteiger partial charge in [0.2, 0.25) is 0 Å². The highest BCUT2D eigenvalue weighted by atomic mass is 14.8. The monoisotopic (exact) mass is 1170 g/mol. The van der Waals surface area contributed by atoms with Crippen molar-refractivity contribution in [1.29, 1.82) is 0 Å². The molecule has 0 radical (unpaired) electrons. The van der Waals surface area contributed by atoms with E-state index in [4.69, 9.17) is 34.9 Å². The minimum atomic E-state index is 0.866. The zero-order valence-electron chi connectivity index (χ0n) is 49.3. The molecule has 0 atom stereocenters. The molecule has 0 saturated carbocycles. The second-order valence-corrected chi connectivity index (χ2v) is 22.7. The first kappa shape index (κ1) is 53.6. The summed E-state index contributed by atoms with van der Waals surface area (Å²) in [6.45, 7) is 0. The molecular formula is C82H50N10. The zero-order valence-corrected chi connectivity index (χ0v) is 49.3. The van der Waals surface area contributed by atoms with Gasteiger partial charge < -0.3 is 0 Å². The smallest absolute Gasteiger partial charge is 0.0979 e. The van der Waals surface area contributed by atoms with Crippen molar-refractivity contribution in [3.63, 3.8) is 0 Å². The average Bonchev–Trinajstić information content (AvgIpc) is 0.776. The van der Waals surface area contributed by atoms with Crippen LogP contribution in [0, 0.1) is 0 Å². The van der Waals surface area contributed by atoms with Crippen LogP contribution in [0.15, 0.2) is 304 Å². The van der Waals surface area contributed by atoms with Gasteiger partial charge in [-0.25, -0.2) is 29.9 Å². The van der Waals surface area contributed by atoms with Crippen LogP contribution in [0.2, 0.25) is 0 Å². The van der Waals surface area contributed by atoms with Crippen molar-refractivity contribution < 1.29 is 0 Å². The molecule has 0 amide bonds. The summed E-state index contributed by atoms with van der Waals surface area (Å²) in [5.74, 6) is 0. The van der Waals surface area contributed by atoms with Crippen LogP contribution in [-0.4, -0.2) is 49.8 Å². The molecule has 8 aromatic carbocycles. The molecule has 428 valence electrons. The molecule has 10 heteroatoms. The average molecular weight is 1180 g/mol. The molecule has 0 N–H and O–H groups in total. The van der Waals surface area contributed by atoms with Crippen molar-refractivity contribution in [1.82, 2.24) is 49.8 Å². The number of para-hydroxylation sites is 2. The molecule has 0 fully saturated rings. The van der Waals surface area contributed by atoms with Crippen LogP contribution in [0.1, 0.15) is 0 Å². The predicted molar refractivity (Wildman–Crippen MR) is 374 cm³/mol. The second kappa shape index (κ2) is 22.8. The van der Waals surface area contributed by atoms with Gasteiger partial charge in [0.1, 0.15) is 0 Å². The lowest BCUT2D eigenvalue weighted by atomic mass is 9.96. The number of hydrogen-bond acceptors (Lipinski definition) is 10. The van der Waals surface area contributed by atoms with Gasteiger partial charge in [0, 0.05) is 102 Å². The number of fused-ring (bicyclic) bond motifs is 10. The van der Waals surface area contributed by atoms with Gasteiger partial charge >= 0.3 is 0 Å². The topological polar surface area (TPSA) is 129 Å². The molecule has 0 unspecified atom stereocenters. The first-order valence-electron chi connectivity index (χ1n) is 30.5. The Morgan fingerprint density at radius 3 is 1.10 bits per heavy atom. The van der Waals surface area contributed by atoms with E-state index in [9.17, 15) is 0 Å². The highest BCUT2D eigenvalue weighted by Crippen LogP contribution is 2.40. The van der Waals surface area contributed by atoms with Gasteiger partial charge in [-0.1, -0.05) is 182 Å². The lowest BCUT2D eigenvalue weighted by Crippen LogP contribution is -1.94. The van der Waals surface area contributed by atoms with Crippen LogP contribution in [0.5, 0.6) is 0 Å². The second-order valence-electron chi connectivity index (χ2n) is 22.7. The highest BCUT2D eigenvalue weighted by molar-refractivity contribution is 6.17. The van der Waals surface area contributed by atoms with E-state index in [2.05, 4.69) is 209 Å². The SMILES string of the molecule is c1ccc(-c2ccc3ccc(-c4ccc(-c5ccc6ccc7c(-c8ccccn8)c8ccccc8nc7c6n5)cc4)cc3n2)nc1.c1ccc(-c2ccc3ccc(-c4ccc(-c5ccc6ccc7c(-c8cccnc8)c8ccccc8nc7c6n5)cc4)cc3n2)nc1. The van der Waals surface area contributed by atoms with Crippen LogP contribution in [0.4, 0.5) is 0 Å². The Kier molecular flexibility index (Phi) is 13.3. The maximum Gasteiger partial charge on any atom is 0.0979 e. The molecule has 18 rings (SSSR count). The summed E-state index contributed by atoms with van der Waals surface area (Å²) in [4.78, 5) is 48.5. The number of benzene rings is 8. The van der Waals surface area contributed by atoms with Crippen molar-refractivity contribution in [2.75, 3.05) is 0 Å². The summed E-state index contributed by atoms with van der Waals surface area (Å²) >= 11 is 0. The maximum atomic E-state index is 5.20. The number of aromatic nitrogens is 10. The molecule has 0 saturated heterocycles. The minimum Gasteiger partial charge on any atom is -0.264 e. The largest absolute Gasteiger partial charge is 0.264 e. The Hall–Kier alpha value is -12.7. The zero-order chi connectivity index (χ0) is 60.9. The maximum absolute atomic E-state index is 5.20. The van der Waals surface area contributed by atoms with Crippen LogP contribution < -0.4 is 0 Å². The van der Waals surface area contributed by atoms with E-state index >= 15 is 0 Å². The van der Waals surface area contributed by atoms with Gasteiger partial charge in [-0.15, -0.1) is 0 Å². The number of rotatable bonds is 8. The fraction of sp³-hybridized carbons (Fsp3) is 0. The lowest BCUT2D eigenvalue weighted by molar-refractivity contribution is 1.28. The highest BCUT2D eigenvalue weighted by Gasteiger charge is 2.18. The first-order valence-corrected chi connectivity index (χ1v) is 30.5. The Labute approximate surface area is 528 Å². The van der Waals surface area contributed by atoms with Gasteiger partial charge in [-0.2, -0.15) is 0 Å². The summed E-state index contributed by atoms with van der Waals surface area (Å²) in [5.41, 5.74) is 23.3. The van der Waals surface area contributed by atoms with Crippen molar-refractivity contribution in [3.8, 4) is 89.9 Å². The lowest BCUT2D eigenvalue weighted by Gasteiger charge is -2.13. The van der Waals surface area contributed by atoms with E-state index in [1.54, 1.807) is 18.6 Å². The van der Waals surface area contributed by atoms with Crippen LogP contribution in [-0.2, 0) is 0 Å². The van der Waals surface area contributed by atoms with Gasteiger partial charge in [-0.05, 0) is 113 Å². The summed E-state index contributed by atoms with van der Waals surface area (Å²) < 4.78 is 0. The van der Waals surface area contributed by atoms with Crippen LogP contribution >= 0.6 is 0 Å². The molecule has 0 bridgehead atoms. The number of hydrogen-bond donors (Lipinski definition) is 0. The van der Waals surface area contributed by atoms with Gasteiger partial charge in [0.25, 0.3) is 0 Å². The summed E-state index contributed by atoms with van der Waals surface area (Å²) in [7, 11) is 0. The summed E-state index contributed by atoms with van der Waals surface area (Å²) in [6.07, 6.45) is 9.15. The van der Waals surface area contributed by atoms with Gasteiger partial charge in [-0.3, -0.25) is 19.9 Å².